The molecule has 2 heterocycles. The molecule has 1 aromatic heterocycles. The summed E-state index contributed by atoms with van der Waals surface area (Å²) in [7, 11) is 0. The summed E-state index contributed by atoms with van der Waals surface area (Å²) in [5.41, 5.74) is 2.71. The Morgan fingerprint density at radius 2 is 2.04 bits per heavy atom. The topological polar surface area (TPSA) is 65.4 Å². The van der Waals surface area contributed by atoms with Crippen molar-refractivity contribution in [3.8, 4) is 17.2 Å². The van der Waals surface area contributed by atoms with Crippen molar-refractivity contribution in [1.82, 2.24) is 9.55 Å². The summed E-state index contributed by atoms with van der Waals surface area (Å²) in [6.07, 6.45) is 3.29. The maximum Gasteiger partial charge on any atom is 0.297 e. The number of aryl methyl sites for hydroxylation is 1. The third-order valence-corrected chi connectivity index (χ3v) is 4.02. The summed E-state index contributed by atoms with van der Waals surface area (Å²) in [6, 6.07) is 13.5. The van der Waals surface area contributed by atoms with Crippen LogP contribution in [-0.2, 0) is 6.54 Å². The van der Waals surface area contributed by atoms with Gasteiger partial charge >= 0.3 is 0 Å². The van der Waals surface area contributed by atoms with Crippen molar-refractivity contribution in [2.75, 3.05) is 12.1 Å². The molecule has 0 radical (unpaired) electrons. The number of hydrogen-bond acceptors (Lipinski definition) is 5. The van der Waals surface area contributed by atoms with E-state index < -0.39 is 0 Å². The summed E-state index contributed by atoms with van der Waals surface area (Å²) in [6.45, 7) is 2.71. The molecule has 4 rings (SSSR count). The van der Waals surface area contributed by atoms with E-state index >= 15 is 0 Å². The summed E-state index contributed by atoms with van der Waals surface area (Å²) in [5, 5.41) is 3.10. The molecule has 0 unspecified atom stereocenters. The molecule has 6 heteroatoms. The normalized spacial score (nSPS) is 12.2. The van der Waals surface area contributed by atoms with E-state index in [9.17, 15) is 4.79 Å². The second kappa shape index (κ2) is 6.32. The number of anilines is 1. The number of nitrogens with zero attached hydrogens (tertiary/aromatic N) is 2. The van der Waals surface area contributed by atoms with Gasteiger partial charge in [-0.3, -0.25) is 9.36 Å². The van der Waals surface area contributed by atoms with Gasteiger partial charge in [0, 0.05) is 24.6 Å². The predicted molar refractivity (Wildman–Crippen MR) is 94.5 cm³/mol. The molecule has 0 saturated heterocycles. The first kappa shape index (κ1) is 15.3. The molecule has 126 valence electrons. The highest BCUT2D eigenvalue weighted by Crippen LogP contribution is 2.32. The first-order valence-corrected chi connectivity index (χ1v) is 7.98. The lowest BCUT2D eigenvalue weighted by Crippen LogP contribution is -2.23. The molecule has 6 nitrogen and oxygen atoms in total. The lowest BCUT2D eigenvalue weighted by Gasteiger charge is -2.10. The van der Waals surface area contributed by atoms with E-state index in [1.165, 1.54) is 0 Å². The molecule has 1 aliphatic rings. The van der Waals surface area contributed by atoms with Crippen LogP contribution in [0.25, 0.3) is 5.69 Å². The van der Waals surface area contributed by atoms with Crippen molar-refractivity contribution in [2.45, 2.75) is 13.5 Å². The van der Waals surface area contributed by atoms with Crippen molar-refractivity contribution < 1.29 is 9.47 Å². The van der Waals surface area contributed by atoms with Crippen LogP contribution in [-0.4, -0.2) is 16.3 Å². The molecule has 0 bridgehead atoms. The fourth-order valence-corrected chi connectivity index (χ4v) is 2.75. The molecule has 3 aromatic rings. The van der Waals surface area contributed by atoms with E-state index in [-0.39, 0.29) is 12.4 Å². The maximum atomic E-state index is 12.7. The Kier molecular flexibility index (Phi) is 3.85. The lowest BCUT2D eigenvalue weighted by atomic mass is 10.2. The Bertz CT molecular complexity index is 982. The van der Waals surface area contributed by atoms with Crippen LogP contribution < -0.4 is 20.3 Å². The van der Waals surface area contributed by atoms with Gasteiger partial charge in [0.25, 0.3) is 5.56 Å². The van der Waals surface area contributed by atoms with Crippen LogP contribution in [0.3, 0.4) is 0 Å². The Balaban J connectivity index is 1.57. The van der Waals surface area contributed by atoms with Gasteiger partial charge in [-0.05, 0) is 42.3 Å². The van der Waals surface area contributed by atoms with Crippen LogP contribution in [0.4, 0.5) is 5.82 Å². The molecule has 0 fully saturated rings. The molecule has 1 aliphatic heterocycles. The van der Waals surface area contributed by atoms with Crippen LogP contribution in [0.1, 0.15) is 11.1 Å². The highest BCUT2D eigenvalue weighted by molar-refractivity contribution is 5.46. The highest BCUT2D eigenvalue weighted by atomic mass is 16.7. The molecule has 1 N–H and O–H groups in total. The molecule has 0 amide bonds. The number of nitrogens with one attached hydrogen (secondary N) is 1. The number of hydrogen-bond donors (Lipinski definition) is 1. The highest BCUT2D eigenvalue weighted by Gasteiger charge is 2.13. The summed E-state index contributed by atoms with van der Waals surface area (Å²) < 4.78 is 12.3. The molecule has 0 aliphatic carbocycles. The predicted octanol–water partition coefficient (Wildman–Crippen LogP) is 2.88. The first-order valence-electron chi connectivity index (χ1n) is 7.98. The second-order valence-corrected chi connectivity index (χ2v) is 5.83. The zero-order valence-corrected chi connectivity index (χ0v) is 13.7. The van der Waals surface area contributed by atoms with Crippen molar-refractivity contribution in [1.29, 1.82) is 0 Å². The van der Waals surface area contributed by atoms with E-state index in [1.54, 1.807) is 17.0 Å². The lowest BCUT2D eigenvalue weighted by molar-refractivity contribution is 0.174. The summed E-state index contributed by atoms with van der Waals surface area (Å²) in [4.78, 5) is 16.9. The van der Waals surface area contributed by atoms with Gasteiger partial charge in [-0.1, -0.05) is 18.2 Å². The number of fused-ring (bicyclic) bond motifs is 1. The minimum absolute atomic E-state index is 0.186. The van der Waals surface area contributed by atoms with Gasteiger partial charge in [0.2, 0.25) is 6.79 Å². The van der Waals surface area contributed by atoms with Gasteiger partial charge in [0.15, 0.2) is 17.3 Å². The molecule has 25 heavy (non-hydrogen) atoms. The van der Waals surface area contributed by atoms with Crippen LogP contribution >= 0.6 is 0 Å². The summed E-state index contributed by atoms with van der Waals surface area (Å²) in [5.74, 6) is 1.77. The van der Waals surface area contributed by atoms with Crippen molar-refractivity contribution >= 4 is 5.82 Å². The molecular weight excluding hydrogens is 318 g/mol. The largest absolute Gasteiger partial charge is 0.454 e. The Hall–Kier alpha value is -3.28. The smallest absolute Gasteiger partial charge is 0.297 e. The molecule has 2 aromatic carbocycles. The van der Waals surface area contributed by atoms with E-state index in [1.807, 2.05) is 49.4 Å². The van der Waals surface area contributed by atoms with Gasteiger partial charge in [-0.25, -0.2) is 4.98 Å². The Labute approximate surface area is 144 Å². The minimum Gasteiger partial charge on any atom is -0.454 e. The zero-order chi connectivity index (χ0) is 17.2. The minimum atomic E-state index is -0.186. The van der Waals surface area contributed by atoms with Crippen molar-refractivity contribution in [2.24, 2.45) is 0 Å². The van der Waals surface area contributed by atoms with Gasteiger partial charge in [0.05, 0.1) is 0 Å². The molecule has 0 spiro atoms. The third-order valence-electron chi connectivity index (χ3n) is 4.02. The van der Waals surface area contributed by atoms with Crippen molar-refractivity contribution in [3.05, 3.63) is 76.3 Å². The molecule has 0 saturated carbocycles. The zero-order valence-electron chi connectivity index (χ0n) is 13.7. The SMILES string of the molecule is Cc1cccc(-n2ccnc(NCc3ccc4c(c3)OCO4)c2=O)c1. The van der Waals surface area contributed by atoms with Crippen LogP contribution in [0.15, 0.2) is 59.7 Å². The van der Waals surface area contributed by atoms with Crippen LogP contribution in [0, 0.1) is 6.92 Å². The van der Waals surface area contributed by atoms with Crippen molar-refractivity contribution in [3.63, 3.8) is 0 Å². The Morgan fingerprint density at radius 1 is 1.16 bits per heavy atom. The second-order valence-electron chi connectivity index (χ2n) is 5.83. The summed E-state index contributed by atoms with van der Waals surface area (Å²) >= 11 is 0. The Morgan fingerprint density at radius 3 is 2.92 bits per heavy atom. The number of aromatic nitrogens is 2. The van der Waals surface area contributed by atoms with Crippen LogP contribution in [0.5, 0.6) is 11.5 Å². The average molecular weight is 335 g/mol. The maximum absolute atomic E-state index is 12.7. The van der Waals surface area contributed by atoms with E-state index in [0.717, 1.165) is 28.3 Å². The standard InChI is InChI=1S/C19H17N3O3/c1-13-3-2-4-15(9-13)22-8-7-20-18(19(22)23)21-11-14-5-6-16-17(10-14)25-12-24-16/h2-10H,11-12H2,1H3,(H,20,21). The van der Waals surface area contributed by atoms with Gasteiger partial charge in [-0.15, -0.1) is 0 Å². The number of ether oxygens (including phenoxy) is 2. The monoisotopic (exact) mass is 335 g/mol. The van der Waals surface area contributed by atoms with Crippen LogP contribution in [0.2, 0.25) is 0 Å². The average Bonchev–Trinajstić information content (AvgIpc) is 3.08. The molecular formula is C19H17N3O3. The van der Waals surface area contributed by atoms with E-state index in [4.69, 9.17) is 9.47 Å². The fraction of sp³-hybridized carbons (Fsp3) is 0.158. The van der Waals surface area contributed by atoms with Gasteiger partial charge < -0.3 is 14.8 Å². The van der Waals surface area contributed by atoms with Gasteiger partial charge in [-0.2, -0.15) is 0 Å². The van der Waals surface area contributed by atoms with E-state index in [2.05, 4.69) is 10.3 Å². The van der Waals surface area contributed by atoms with Gasteiger partial charge in [0.1, 0.15) is 0 Å². The van der Waals surface area contributed by atoms with E-state index in [0.29, 0.717) is 12.4 Å². The fourth-order valence-electron chi connectivity index (χ4n) is 2.75. The first-order chi connectivity index (χ1) is 12.2. The third kappa shape index (κ3) is 3.06. The molecule has 0 atom stereocenters. The quantitative estimate of drug-likeness (QED) is 0.794. The number of benzene rings is 2. The number of rotatable bonds is 4.